The second-order valence-electron chi connectivity index (χ2n) is 2.69. The Morgan fingerprint density at radius 1 is 1.57 bits per heavy atom. The van der Waals surface area contributed by atoms with Crippen molar-refractivity contribution in [1.29, 1.82) is 0 Å². The molecule has 0 aliphatic heterocycles. The van der Waals surface area contributed by atoms with Gasteiger partial charge in [0, 0.05) is 21.7 Å². The van der Waals surface area contributed by atoms with Gasteiger partial charge >= 0.3 is 5.97 Å². The lowest BCUT2D eigenvalue weighted by Crippen LogP contribution is -2.07. The first kappa shape index (κ1) is 11.3. The highest BCUT2D eigenvalue weighted by molar-refractivity contribution is 9.10. The molecule has 0 aromatic heterocycles. The Morgan fingerprint density at radius 3 is 2.86 bits per heavy atom. The molecule has 0 bridgehead atoms. The van der Waals surface area contributed by atoms with Crippen molar-refractivity contribution in [3.63, 3.8) is 0 Å². The number of carboxylic acid groups (broad SMARTS) is 1. The third-order valence-electron chi connectivity index (χ3n) is 1.59. The molecule has 1 aromatic rings. The minimum absolute atomic E-state index is 0.0923. The summed E-state index contributed by atoms with van der Waals surface area (Å²) in [7, 11) is 0. The van der Waals surface area contributed by atoms with Crippen LogP contribution in [0.2, 0.25) is 5.02 Å². The Bertz CT molecular complexity index is 344. The highest BCUT2D eigenvalue weighted by atomic mass is 79.9. The molecule has 1 aromatic carbocycles. The molecule has 0 heterocycles. The van der Waals surface area contributed by atoms with Crippen LogP contribution < -0.4 is 5.32 Å². The molecule has 0 atom stereocenters. The summed E-state index contributed by atoms with van der Waals surface area (Å²) in [6, 6.07) is 5.30. The Hall–Kier alpha value is -0.740. The number of carbonyl (C=O) groups is 1. The number of anilines is 1. The molecule has 0 fully saturated rings. The zero-order chi connectivity index (χ0) is 10.6. The van der Waals surface area contributed by atoms with Crippen LogP contribution in [0.5, 0.6) is 0 Å². The second kappa shape index (κ2) is 5.22. The molecular formula is C9H9BrClNO2. The Kier molecular flexibility index (Phi) is 4.22. The van der Waals surface area contributed by atoms with Crippen molar-refractivity contribution >= 4 is 39.2 Å². The first-order valence-electron chi connectivity index (χ1n) is 4.00. The SMILES string of the molecule is O=C(O)CCNc1ccc(Cl)cc1Br. The van der Waals surface area contributed by atoms with Gasteiger partial charge in [-0.1, -0.05) is 11.6 Å². The zero-order valence-corrected chi connectivity index (χ0v) is 9.60. The summed E-state index contributed by atoms with van der Waals surface area (Å²) in [5.41, 5.74) is 0.843. The zero-order valence-electron chi connectivity index (χ0n) is 7.26. The average Bonchev–Trinajstić information content (AvgIpc) is 2.08. The Labute approximate surface area is 95.2 Å². The molecule has 0 aliphatic carbocycles. The molecule has 2 N–H and O–H groups in total. The number of aliphatic carboxylic acids is 1. The van der Waals surface area contributed by atoms with Crippen molar-refractivity contribution in [3.05, 3.63) is 27.7 Å². The molecule has 0 radical (unpaired) electrons. The molecule has 0 saturated carbocycles. The molecule has 0 unspecified atom stereocenters. The maximum Gasteiger partial charge on any atom is 0.305 e. The summed E-state index contributed by atoms with van der Waals surface area (Å²) in [5.74, 6) is -0.817. The fourth-order valence-corrected chi connectivity index (χ4v) is 1.76. The first-order valence-corrected chi connectivity index (χ1v) is 5.17. The Balaban J connectivity index is 2.55. The van der Waals surface area contributed by atoms with E-state index in [0.29, 0.717) is 11.6 Å². The van der Waals surface area contributed by atoms with Crippen molar-refractivity contribution in [2.45, 2.75) is 6.42 Å². The summed E-state index contributed by atoms with van der Waals surface area (Å²) in [6.07, 6.45) is 0.0923. The highest BCUT2D eigenvalue weighted by Crippen LogP contribution is 2.25. The van der Waals surface area contributed by atoms with Crippen LogP contribution in [0.15, 0.2) is 22.7 Å². The van der Waals surface area contributed by atoms with Gasteiger partial charge in [-0.3, -0.25) is 4.79 Å². The maximum atomic E-state index is 10.3. The van der Waals surface area contributed by atoms with E-state index in [0.717, 1.165) is 10.2 Å². The van der Waals surface area contributed by atoms with Crippen LogP contribution in [0.25, 0.3) is 0 Å². The lowest BCUT2D eigenvalue weighted by molar-refractivity contribution is -0.136. The predicted molar refractivity (Wildman–Crippen MR) is 59.9 cm³/mol. The summed E-state index contributed by atoms with van der Waals surface area (Å²) < 4.78 is 0.829. The number of nitrogens with one attached hydrogen (secondary N) is 1. The number of hydrogen-bond donors (Lipinski definition) is 2. The van der Waals surface area contributed by atoms with Crippen molar-refractivity contribution < 1.29 is 9.90 Å². The van der Waals surface area contributed by atoms with E-state index in [1.165, 1.54) is 0 Å². The molecular weight excluding hydrogens is 269 g/mol. The van der Waals surface area contributed by atoms with Crippen LogP contribution in [0.3, 0.4) is 0 Å². The lowest BCUT2D eigenvalue weighted by Gasteiger charge is -2.06. The maximum absolute atomic E-state index is 10.3. The highest BCUT2D eigenvalue weighted by Gasteiger charge is 2.01. The molecule has 1 rings (SSSR count). The largest absolute Gasteiger partial charge is 0.481 e. The minimum Gasteiger partial charge on any atom is -0.481 e. The number of carboxylic acids is 1. The number of hydrogen-bond acceptors (Lipinski definition) is 2. The van der Waals surface area contributed by atoms with Crippen LogP contribution in [-0.4, -0.2) is 17.6 Å². The molecule has 14 heavy (non-hydrogen) atoms. The van der Waals surface area contributed by atoms with Gasteiger partial charge in [0.25, 0.3) is 0 Å². The summed E-state index contributed by atoms with van der Waals surface area (Å²) in [5, 5.41) is 12.1. The summed E-state index contributed by atoms with van der Waals surface area (Å²) in [4.78, 5) is 10.3. The van der Waals surface area contributed by atoms with Gasteiger partial charge in [-0.25, -0.2) is 0 Å². The first-order chi connectivity index (χ1) is 6.59. The van der Waals surface area contributed by atoms with Gasteiger partial charge < -0.3 is 10.4 Å². The van der Waals surface area contributed by atoms with Gasteiger partial charge in [-0.05, 0) is 34.1 Å². The predicted octanol–water partition coefficient (Wildman–Crippen LogP) is 2.99. The van der Waals surface area contributed by atoms with Gasteiger partial charge in [0.15, 0.2) is 0 Å². The topological polar surface area (TPSA) is 49.3 Å². The fraction of sp³-hybridized carbons (Fsp3) is 0.222. The Morgan fingerprint density at radius 2 is 2.29 bits per heavy atom. The van der Waals surface area contributed by atoms with Gasteiger partial charge in [-0.15, -0.1) is 0 Å². The quantitative estimate of drug-likeness (QED) is 0.890. The van der Waals surface area contributed by atoms with Gasteiger partial charge in [-0.2, -0.15) is 0 Å². The van der Waals surface area contributed by atoms with E-state index < -0.39 is 5.97 Å². The number of rotatable bonds is 4. The van der Waals surface area contributed by atoms with Crippen LogP contribution in [0, 0.1) is 0 Å². The number of benzene rings is 1. The average molecular weight is 279 g/mol. The normalized spacial score (nSPS) is 9.86. The molecule has 0 amide bonds. The van der Waals surface area contributed by atoms with E-state index in [4.69, 9.17) is 16.7 Å². The summed E-state index contributed by atoms with van der Waals surface area (Å²) in [6.45, 7) is 0.398. The molecule has 3 nitrogen and oxygen atoms in total. The van der Waals surface area contributed by atoms with Crippen molar-refractivity contribution in [1.82, 2.24) is 0 Å². The standard InChI is InChI=1S/C9H9BrClNO2/c10-7-5-6(11)1-2-8(7)12-4-3-9(13)14/h1-2,5,12H,3-4H2,(H,13,14). The van der Waals surface area contributed by atoms with E-state index in [2.05, 4.69) is 21.2 Å². The van der Waals surface area contributed by atoms with Crippen LogP contribution in [-0.2, 0) is 4.79 Å². The molecule has 0 saturated heterocycles. The minimum atomic E-state index is -0.817. The van der Waals surface area contributed by atoms with Crippen LogP contribution >= 0.6 is 27.5 Å². The van der Waals surface area contributed by atoms with E-state index in [-0.39, 0.29) is 6.42 Å². The third kappa shape index (κ3) is 3.55. The van der Waals surface area contributed by atoms with Gasteiger partial charge in [0.1, 0.15) is 0 Å². The number of halogens is 2. The summed E-state index contributed by atoms with van der Waals surface area (Å²) >= 11 is 9.07. The lowest BCUT2D eigenvalue weighted by atomic mass is 10.3. The van der Waals surface area contributed by atoms with Gasteiger partial charge in [0.05, 0.1) is 6.42 Å². The van der Waals surface area contributed by atoms with Gasteiger partial charge in [0.2, 0.25) is 0 Å². The van der Waals surface area contributed by atoms with Crippen molar-refractivity contribution in [3.8, 4) is 0 Å². The van der Waals surface area contributed by atoms with Crippen molar-refractivity contribution in [2.24, 2.45) is 0 Å². The fourth-order valence-electron chi connectivity index (χ4n) is 0.937. The van der Waals surface area contributed by atoms with E-state index >= 15 is 0 Å². The molecule has 0 spiro atoms. The molecule has 0 aliphatic rings. The van der Waals surface area contributed by atoms with E-state index in [1.54, 1.807) is 18.2 Å². The van der Waals surface area contributed by atoms with Crippen LogP contribution in [0.1, 0.15) is 6.42 Å². The molecule has 5 heteroatoms. The monoisotopic (exact) mass is 277 g/mol. The third-order valence-corrected chi connectivity index (χ3v) is 2.48. The van der Waals surface area contributed by atoms with E-state index in [1.807, 2.05) is 0 Å². The van der Waals surface area contributed by atoms with Crippen molar-refractivity contribution in [2.75, 3.05) is 11.9 Å². The smallest absolute Gasteiger partial charge is 0.305 e. The molecule has 76 valence electrons. The van der Waals surface area contributed by atoms with E-state index in [9.17, 15) is 4.79 Å². The second-order valence-corrected chi connectivity index (χ2v) is 3.99. The van der Waals surface area contributed by atoms with Crippen LogP contribution in [0.4, 0.5) is 5.69 Å².